The molecule has 30 heavy (non-hydrogen) atoms. The number of rotatable bonds is 6. The highest BCUT2D eigenvalue weighted by atomic mass is 32.1. The lowest BCUT2D eigenvalue weighted by molar-refractivity contribution is -0.274. The highest BCUT2D eigenvalue weighted by molar-refractivity contribution is 7.22. The second-order valence-electron chi connectivity index (χ2n) is 7.64. The van der Waals surface area contributed by atoms with E-state index in [4.69, 9.17) is 5.73 Å². The summed E-state index contributed by atoms with van der Waals surface area (Å²) in [7, 11) is 0. The van der Waals surface area contributed by atoms with Crippen molar-refractivity contribution in [3.8, 4) is 5.75 Å². The van der Waals surface area contributed by atoms with E-state index in [0.717, 1.165) is 43.1 Å². The summed E-state index contributed by atoms with van der Waals surface area (Å²) in [6.07, 6.45) is -1.27. The number of amides is 2. The number of thiazole rings is 1. The summed E-state index contributed by atoms with van der Waals surface area (Å²) in [6, 6.07) is 3.74. The Hall–Kier alpha value is -2.40. The molecule has 164 valence electrons. The van der Waals surface area contributed by atoms with Crippen molar-refractivity contribution in [2.75, 3.05) is 12.0 Å². The molecule has 11 heteroatoms. The Morgan fingerprint density at radius 1 is 1.30 bits per heavy atom. The van der Waals surface area contributed by atoms with Gasteiger partial charge < -0.3 is 15.4 Å². The van der Waals surface area contributed by atoms with Crippen LogP contribution in [0.5, 0.6) is 5.75 Å². The Morgan fingerprint density at radius 2 is 1.97 bits per heavy atom. The van der Waals surface area contributed by atoms with Gasteiger partial charge in [-0.15, -0.1) is 13.2 Å². The maximum absolute atomic E-state index is 12.9. The summed E-state index contributed by atoms with van der Waals surface area (Å²) in [6.45, 7) is 3.10. The molecule has 0 saturated heterocycles. The van der Waals surface area contributed by atoms with Crippen molar-refractivity contribution < 1.29 is 27.5 Å². The Labute approximate surface area is 175 Å². The number of carbonyl (C=O) groups is 2. The molecule has 0 bridgehead atoms. The van der Waals surface area contributed by atoms with Gasteiger partial charge in [-0.1, -0.05) is 24.2 Å². The molecule has 3 N–H and O–H groups in total. The van der Waals surface area contributed by atoms with Crippen LogP contribution < -0.4 is 15.8 Å². The van der Waals surface area contributed by atoms with Gasteiger partial charge >= 0.3 is 6.36 Å². The number of alkyl halides is 3. The lowest BCUT2D eigenvalue weighted by atomic mass is 9.98. The first-order valence-electron chi connectivity index (χ1n) is 9.50. The highest BCUT2D eigenvalue weighted by Gasteiger charge is 2.40. The van der Waals surface area contributed by atoms with E-state index in [0.29, 0.717) is 10.2 Å². The zero-order valence-electron chi connectivity index (χ0n) is 16.6. The molecular weight excluding hydrogens is 421 g/mol. The van der Waals surface area contributed by atoms with Crippen molar-refractivity contribution in [3.63, 3.8) is 0 Å². The van der Waals surface area contributed by atoms with Crippen LogP contribution in [0, 0.1) is 5.92 Å². The highest BCUT2D eigenvalue weighted by Crippen LogP contribution is 2.33. The predicted octanol–water partition coefficient (Wildman–Crippen LogP) is 3.85. The molecule has 1 heterocycles. The maximum Gasteiger partial charge on any atom is 0.573 e. The fourth-order valence-electron chi connectivity index (χ4n) is 3.51. The quantitative estimate of drug-likeness (QED) is 0.660. The first-order chi connectivity index (χ1) is 14.0. The largest absolute Gasteiger partial charge is 0.573 e. The molecule has 1 aliphatic carbocycles. The van der Waals surface area contributed by atoms with Crippen molar-refractivity contribution in [1.29, 1.82) is 0 Å². The van der Waals surface area contributed by atoms with Gasteiger partial charge in [0, 0.05) is 12.0 Å². The monoisotopic (exact) mass is 444 g/mol. The molecule has 1 aliphatic rings. The molecule has 0 unspecified atom stereocenters. The van der Waals surface area contributed by atoms with Gasteiger partial charge in [0.25, 0.3) is 5.91 Å². The molecule has 0 atom stereocenters. The number of fused-ring (bicyclic) bond motifs is 1. The third kappa shape index (κ3) is 4.84. The van der Waals surface area contributed by atoms with Gasteiger partial charge in [0.2, 0.25) is 5.91 Å². The average Bonchev–Trinajstić information content (AvgIpc) is 3.29. The van der Waals surface area contributed by atoms with Gasteiger partial charge in [0.05, 0.1) is 16.9 Å². The fraction of sp³-hybridized carbons (Fsp3) is 0.526. The van der Waals surface area contributed by atoms with E-state index in [2.05, 4.69) is 15.0 Å². The lowest BCUT2D eigenvalue weighted by Gasteiger charge is -2.37. The molecule has 0 aliphatic heterocycles. The van der Waals surface area contributed by atoms with Crippen LogP contribution in [0.1, 0.15) is 39.5 Å². The molecule has 2 amide bonds. The summed E-state index contributed by atoms with van der Waals surface area (Å²) in [5.74, 6) is -1.12. The molecule has 3 rings (SSSR count). The van der Waals surface area contributed by atoms with Crippen LogP contribution in [-0.2, 0) is 9.59 Å². The maximum atomic E-state index is 12.9. The van der Waals surface area contributed by atoms with Gasteiger partial charge in [-0.05, 0) is 38.8 Å². The van der Waals surface area contributed by atoms with Gasteiger partial charge in [-0.2, -0.15) is 0 Å². The van der Waals surface area contributed by atoms with Crippen molar-refractivity contribution in [1.82, 2.24) is 9.88 Å². The zero-order valence-corrected chi connectivity index (χ0v) is 17.4. The van der Waals surface area contributed by atoms with Crippen LogP contribution in [0.15, 0.2) is 18.2 Å². The van der Waals surface area contributed by atoms with Gasteiger partial charge in [0.15, 0.2) is 5.13 Å². The molecule has 1 fully saturated rings. The molecule has 2 aromatic rings. The number of anilines is 1. The van der Waals surface area contributed by atoms with Crippen molar-refractivity contribution in [2.45, 2.75) is 51.4 Å². The van der Waals surface area contributed by atoms with Crippen molar-refractivity contribution in [3.05, 3.63) is 18.2 Å². The second kappa shape index (κ2) is 8.38. The second-order valence-corrected chi connectivity index (χ2v) is 8.67. The van der Waals surface area contributed by atoms with E-state index in [1.807, 2.05) is 0 Å². The number of benzene rings is 1. The minimum absolute atomic E-state index is 0.103. The van der Waals surface area contributed by atoms with E-state index >= 15 is 0 Å². The summed E-state index contributed by atoms with van der Waals surface area (Å²) in [5, 5.41) is 2.86. The van der Waals surface area contributed by atoms with Crippen LogP contribution in [0.25, 0.3) is 10.2 Å². The number of hydrogen-bond donors (Lipinski definition) is 2. The number of nitrogens with one attached hydrogen (secondary N) is 1. The molecule has 1 aromatic heterocycles. The number of hydrogen-bond acceptors (Lipinski definition) is 6. The average molecular weight is 444 g/mol. The number of nitrogens with zero attached hydrogens (tertiary/aromatic N) is 2. The Kier molecular flexibility index (Phi) is 6.23. The smallest absolute Gasteiger partial charge is 0.406 e. The Balaban J connectivity index is 1.76. The van der Waals surface area contributed by atoms with E-state index in [9.17, 15) is 22.8 Å². The topological polar surface area (TPSA) is 97.6 Å². The zero-order chi connectivity index (χ0) is 22.1. The fourth-order valence-corrected chi connectivity index (χ4v) is 4.40. The minimum atomic E-state index is -4.79. The standard InChI is InChI=1S/C19H23F3N4O3S/c1-18(2,26(10-23)15(27)11-5-3-4-6-11)16(28)25-17-24-13-8-7-12(9-14(13)30-17)29-19(20,21)22/h7-9,11H,3-6,10,23H2,1-2H3,(H,24,25,28). The van der Waals surface area contributed by atoms with Crippen LogP contribution in [0.3, 0.4) is 0 Å². The van der Waals surface area contributed by atoms with Crippen LogP contribution in [0.4, 0.5) is 18.3 Å². The first kappa shape index (κ1) is 22.3. The SMILES string of the molecule is CC(C)(C(=O)Nc1nc2ccc(OC(F)(F)F)cc2s1)N(CN)C(=O)C1CCCC1. The third-order valence-electron chi connectivity index (χ3n) is 5.20. The predicted molar refractivity (Wildman–Crippen MR) is 107 cm³/mol. The summed E-state index contributed by atoms with van der Waals surface area (Å²) in [4.78, 5) is 31.3. The van der Waals surface area contributed by atoms with E-state index < -0.39 is 17.8 Å². The van der Waals surface area contributed by atoms with E-state index in [1.54, 1.807) is 13.8 Å². The number of halogens is 3. The number of aromatic nitrogens is 1. The van der Waals surface area contributed by atoms with Crippen LogP contribution in [-0.4, -0.2) is 40.3 Å². The summed E-state index contributed by atoms with van der Waals surface area (Å²) < 4.78 is 41.5. The number of ether oxygens (including phenoxy) is 1. The lowest BCUT2D eigenvalue weighted by Crippen LogP contribution is -2.58. The number of nitrogens with two attached hydrogens (primary N) is 1. The van der Waals surface area contributed by atoms with Gasteiger partial charge in [-0.25, -0.2) is 4.98 Å². The molecule has 1 saturated carbocycles. The van der Waals surface area contributed by atoms with E-state index in [1.165, 1.54) is 17.0 Å². The molecular formula is C19H23F3N4O3S. The van der Waals surface area contributed by atoms with Crippen LogP contribution in [0.2, 0.25) is 0 Å². The van der Waals surface area contributed by atoms with Crippen molar-refractivity contribution >= 4 is 38.5 Å². The first-order valence-corrected chi connectivity index (χ1v) is 10.3. The van der Waals surface area contributed by atoms with E-state index in [-0.39, 0.29) is 29.4 Å². The molecule has 1 aromatic carbocycles. The normalized spacial score (nSPS) is 15.4. The van der Waals surface area contributed by atoms with Crippen LogP contribution >= 0.6 is 11.3 Å². The third-order valence-corrected chi connectivity index (χ3v) is 6.13. The van der Waals surface area contributed by atoms with Gasteiger partial charge in [0.1, 0.15) is 11.3 Å². The minimum Gasteiger partial charge on any atom is -0.406 e. The Bertz CT molecular complexity index is 939. The molecule has 0 spiro atoms. The van der Waals surface area contributed by atoms with Crippen molar-refractivity contribution in [2.24, 2.45) is 11.7 Å². The number of carbonyl (C=O) groups excluding carboxylic acids is 2. The summed E-state index contributed by atoms with van der Waals surface area (Å²) in [5.41, 5.74) is 4.98. The van der Waals surface area contributed by atoms with Gasteiger partial charge in [-0.3, -0.25) is 14.9 Å². The molecule has 0 radical (unpaired) electrons. The summed E-state index contributed by atoms with van der Waals surface area (Å²) >= 11 is 1.01. The Morgan fingerprint density at radius 3 is 2.57 bits per heavy atom. The molecule has 7 nitrogen and oxygen atoms in total.